The first kappa shape index (κ1) is 16.0. The molecule has 22 heavy (non-hydrogen) atoms. The Kier molecular flexibility index (Phi) is 4.51. The van der Waals surface area contributed by atoms with Crippen molar-refractivity contribution in [3.63, 3.8) is 0 Å². The highest BCUT2D eigenvalue weighted by molar-refractivity contribution is 6.28. The molecule has 0 radical (unpaired) electrons. The number of alkyl halides is 3. The lowest BCUT2D eigenvalue weighted by molar-refractivity contribution is -0.274. The molecule has 0 aliphatic rings. The van der Waals surface area contributed by atoms with Crippen molar-refractivity contribution in [3.8, 4) is 17.0 Å². The first-order valence-corrected chi connectivity index (χ1v) is 6.15. The van der Waals surface area contributed by atoms with Crippen LogP contribution in [0.4, 0.5) is 13.2 Å². The lowest BCUT2D eigenvalue weighted by atomic mass is 10.1. The maximum Gasteiger partial charge on any atom is 0.573 e. The molecule has 0 aliphatic heterocycles. The van der Waals surface area contributed by atoms with E-state index in [0.717, 1.165) is 19.2 Å². The number of nitrogens with zero attached hydrogens (tertiary/aromatic N) is 2. The Bertz CT molecular complexity index is 707. The molecule has 0 fully saturated rings. The molecule has 0 saturated carbocycles. The highest BCUT2D eigenvalue weighted by Crippen LogP contribution is 2.27. The Morgan fingerprint density at radius 2 is 1.95 bits per heavy atom. The van der Waals surface area contributed by atoms with Crippen molar-refractivity contribution in [2.24, 2.45) is 0 Å². The SMILES string of the molecule is COC(=O)c1cc(-c2cccc(OC(F)(F)F)c2)nc(Cl)n1. The van der Waals surface area contributed by atoms with E-state index in [9.17, 15) is 18.0 Å². The van der Waals surface area contributed by atoms with Gasteiger partial charge in [-0.3, -0.25) is 0 Å². The molecule has 0 bridgehead atoms. The van der Waals surface area contributed by atoms with Gasteiger partial charge in [0.1, 0.15) is 5.75 Å². The zero-order valence-electron chi connectivity index (χ0n) is 11.0. The van der Waals surface area contributed by atoms with Crippen molar-refractivity contribution in [2.45, 2.75) is 6.36 Å². The van der Waals surface area contributed by atoms with Gasteiger partial charge < -0.3 is 9.47 Å². The number of rotatable bonds is 3. The summed E-state index contributed by atoms with van der Waals surface area (Å²) in [4.78, 5) is 19.0. The largest absolute Gasteiger partial charge is 0.573 e. The predicted octanol–water partition coefficient (Wildman–Crippen LogP) is 3.48. The second-order valence-corrected chi connectivity index (χ2v) is 4.31. The van der Waals surface area contributed by atoms with E-state index < -0.39 is 18.1 Å². The molecule has 1 aromatic heterocycles. The van der Waals surface area contributed by atoms with E-state index in [1.807, 2.05) is 0 Å². The van der Waals surface area contributed by atoms with Gasteiger partial charge in [0.15, 0.2) is 5.69 Å². The molecule has 5 nitrogen and oxygen atoms in total. The van der Waals surface area contributed by atoms with Gasteiger partial charge in [0.25, 0.3) is 0 Å². The van der Waals surface area contributed by atoms with Crippen LogP contribution in [-0.4, -0.2) is 29.4 Å². The number of carbonyl (C=O) groups is 1. The van der Waals surface area contributed by atoms with Crippen LogP contribution >= 0.6 is 11.6 Å². The van der Waals surface area contributed by atoms with Crippen LogP contribution in [0.2, 0.25) is 5.28 Å². The Hall–Kier alpha value is -2.35. The second kappa shape index (κ2) is 6.18. The van der Waals surface area contributed by atoms with E-state index in [0.29, 0.717) is 0 Å². The van der Waals surface area contributed by atoms with Gasteiger partial charge >= 0.3 is 12.3 Å². The maximum absolute atomic E-state index is 12.2. The Morgan fingerprint density at radius 3 is 2.59 bits per heavy atom. The molecular formula is C13H8ClF3N2O3. The van der Waals surface area contributed by atoms with Crippen molar-refractivity contribution in [3.05, 3.63) is 41.3 Å². The quantitative estimate of drug-likeness (QED) is 0.636. The molecule has 1 heterocycles. The number of hydrogen-bond acceptors (Lipinski definition) is 5. The van der Waals surface area contributed by atoms with Gasteiger partial charge in [-0.05, 0) is 29.8 Å². The monoisotopic (exact) mass is 332 g/mol. The molecule has 0 spiro atoms. The summed E-state index contributed by atoms with van der Waals surface area (Å²) in [6, 6.07) is 6.35. The molecule has 0 amide bonds. The summed E-state index contributed by atoms with van der Waals surface area (Å²) in [7, 11) is 1.16. The van der Waals surface area contributed by atoms with Crippen molar-refractivity contribution in [1.82, 2.24) is 9.97 Å². The molecule has 116 valence electrons. The highest BCUT2D eigenvalue weighted by Gasteiger charge is 2.31. The molecule has 0 aliphatic carbocycles. The maximum atomic E-state index is 12.2. The molecule has 9 heteroatoms. The minimum Gasteiger partial charge on any atom is -0.464 e. The summed E-state index contributed by atoms with van der Waals surface area (Å²) in [6.07, 6.45) is -4.81. The first-order valence-electron chi connectivity index (χ1n) is 5.77. The normalized spacial score (nSPS) is 11.1. The van der Waals surface area contributed by atoms with Gasteiger partial charge in [-0.1, -0.05) is 12.1 Å². The Morgan fingerprint density at radius 1 is 1.23 bits per heavy atom. The van der Waals surface area contributed by atoms with E-state index in [1.165, 1.54) is 18.2 Å². The molecule has 0 N–H and O–H groups in total. The molecular weight excluding hydrogens is 325 g/mol. The Balaban J connectivity index is 2.41. The van der Waals surface area contributed by atoms with Crippen LogP contribution in [0.5, 0.6) is 5.75 Å². The van der Waals surface area contributed by atoms with Crippen LogP contribution in [-0.2, 0) is 4.74 Å². The van der Waals surface area contributed by atoms with Gasteiger partial charge in [0.05, 0.1) is 12.8 Å². The van der Waals surface area contributed by atoms with Crippen molar-refractivity contribution >= 4 is 17.6 Å². The smallest absolute Gasteiger partial charge is 0.464 e. The third-order valence-corrected chi connectivity index (χ3v) is 2.63. The molecule has 2 rings (SSSR count). The standard InChI is InChI=1S/C13H8ClF3N2O3/c1-21-11(20)10-6-9(18-12(14)19-10)7-3-2-4-8(5-7)22-13(15,16)17/h2-6H,1H3. The predicted molar refractivity (Wildman–Crippen MR) is 70.5 cm³/mol. The number of hydrogen-bond donors (Lipinski definition) is 0. The summed E-state index contributed by atoms with van der Waals surface area (Å²) >= 11 is 5.71. The number of esters is 1. The van der Waals surface area contributed by atoms with Crippen LogP contribution in [0.1, 0.15) is 10.5 Å². The fourth-order valence-electron chi connectivity index (χ4n) is 1.63. The number of ether oxygens (including phenoxy) is 2. The third-order valence-electron chi connectivity index (χ3n) is 2.46. The van der Waals surface area contributed by atoms with Gasteiger partial charge in [0.2, 0.25) is 5.28 Å². The summed E-state index contributed by atoms with van der Waals surface area (Å²) in [5.74, 6) is -1.16. The molecule has 1 aromatic carbocycles. The van der Waals surface area contributed by atoms with Gasteiger partial charge in [0, 0.05) is 5.56 Å². The highest BCUT2D eigenvalue weighted by atomic mass is 35.5. The number of methoxy groups -OCH3 is 1. The van der Waals surface area contributed by atoms with Crippen LogP contribution in [0.15, 0.2) is 30.3 Å². The average Bonchev–Trinajstić information content (AvgIpc) is 2.44. The summed E-state index contributed by atoms with van der Waals surface area (Å²) in [6.45, 7) is 0. The van der Waals surface area contributed by atoms with Crippen molar-refractivity contribution < 1.29 is 27.4 Å². The van der Waals surface area contributed by atoms with E-state index in [1.54, 1.807) is 0 Å². The van der Waals surface area contributed by atoms with E-state index in [2.05, 4.69) is 19.4 Å². The van der Waals surface area contributed by atoms with Crippen LogP contribution in [0.3, 0.4) is 0 Å². The molecule has 0 unspecified atom stereocenters. The van der Waals surface area contributed by atoms with E-state index in [4.69, 9.17) is 11.6 Å². The van der Waals surface area contributed by atoms with Crippen LogP contribution in [0.25, 0.3) is 11.3 Å². The average molecular weight is 333 g/mol. The molecule has 0 atom stereocenters. The number of halogens is 4. The van der Waals surface area contributed by atoms with Gasteiger partial charge in [-0.15, -0.1) is 13.2 Å². The minimum absolute atomic E-state index is 0.111. The van der Waals surface area contributed by atoms with Crippen LogP contribution < -0.4 is 4.74 Å². The second-order valence-electron chi connectivity index (χ2n) is 3.97. The fourth-order valence-corrected chi connectivity index (χ4v) is 1.81. The van der Waals surface area contributed by atoms with Gasteiger partial charge in [-0.2, -0.15) is 0 Å². The lowest BCUT2D eigenvalue weighted by Crippen LogP contribution is -2.17. The number of aromatic nitrogens is 2. The first-order chi connectivity index (χ1) is 10.3. The topological polar surface area (TPSA) is 61.3 Å². The van der Waals surface area contributed by atoms with Crippen molar-refractivity contribution in [2.75, 3.05) is 7.11 Å². The van der Waals surface area contributed by atoms with Gasteiger partial charge in [-0.25, -0.2) is 14.8 Å². The van der Waals surface area contributed by atoms with E-state index >= 15 is 0 Å². The van der Waals surface area contributed by atoms with E-state index in [-0.39, 0.29) is 22.2 Å². The zero-order chi connectivity index (χ0) is 16.3. The summed E-state index contributed by atoms with van der Waals surface area (Å²) < 4.78 is 45.0. The van der Waals surface area contributed by atoms with Crippen LogP contribution in [0, 0.1) is 0 Å². The lowest BCUT2D eigenvalue weighted by Gasteiger charge is -2.10. The third kappa shape index (κ3) is 4.08. The molecule has 0 saturated heterocycles. The Labute approximate surface area is 127 Å². The minimum atomic E-state index is -4.81. The summed E-state index contributed by atoms with van der Waals surface area (Å²) in [5.41, 5.74) is 0.323. The fraction of sp³-hybridized carbons (Fsp3) is 0.154. The zero-order valence-corrected chi connectivity index (χ0v) is 11.8. The van der Waals surface area contributed by atoms with Crippen molar-refractivity contribution in [1.29, 1.82) is 0 Å². The molecule has 2 aromatic rings. The number of carbonyl (C=O) groups excluding carboxylic acids is 1. The number of benzene rings is 1. The summed E-state index contributed by atoms with van der Waals surface area (Å²) in [5, 5.41) is -0.236.